The molecule has 2 N–H and O–H groups in total. The van der Waals surface area contributed by atoms with Gasteiger partial charge >= 0.3 is 0 Å². The van der Waals surface area contributed by atoms with Crippen LogP contribution < -0.4 is 5.32 Å². The Balaban J connectivity index is 2.11. The van der Waals surface area contributed by atoms with E-state index in [1.807, 2.05) is 13.0 Å². The number of aromatic hydroxyl groups is 1. The molecule has 0 aromatic heterocycles. The molecule has 1 aromatic rings. The Morgan fingerprint density at radius 2 is 2.06 bits per heavy atom. The number of phenolic OH excluding ortho intramolecular Hbond substituents is 1. The molecule has 0 atom stereocenters. The van der Waals surface area contributed by atoms with Gasteiger partial charge in [-0.2, -0.15) is 0 Å². The first-order chi connectivity index (χ1) is 7.66. The fourth-order valence-corrected chi connectivity index (χ4v) is 2.66. The molecule has 1 saturated heterocycles. The van der Waals surface area contributed by atoms with Gasteiger partial charge in [0.25, 0.3) is 0 Å². The molecule has 0 bridgehead atoms. The van der Waals surface area contributed by atoms with Crippen LogP contribution in [0.4, 0.5) is 0 Å². The highest BCUT2D eigenvalue weighted by Gasteiger charge is 2.15. The molecule has 2 nitrogen and oxygen atoms in total. The summed E-state index contributed by atoms with van der Waals surface area (Å²) in [5, 5.41) is 13.3. The minimum atomic E-state index is 0.444. The number of hydrogen-bond donors (Lipinski definition) is 2. The van der Waals surface area contributed by atoms with Gasteiger partial charge < -0.3 is 10.4 Å². The van der Waals surface area contributed by atoms with E-state index in [4.69, 9.17) is 0 Å². The van der Waals surface area contributed by atoms with Crippen molar-refractivity contribution in [3.05, 3.63) is 27.7 Å². The van der Waals surface area contributed by atoms with E-state index in [-0.39, 0.29) is 0 Å². The summed E-state index contributed by atoms with van der Waals surface area (Å²) in [6.45, 7) is 4.22. The van der Waals surface area contributed by atoms with Crippen LogP contribution in [0.2, 0.25) is 0 Å². The van der Waals surface area contributed by atoms with Crippen molar-refractivity contribution < 1.29 is 5.11 Å². The van der Waals surface area contributed by atoms with Gasteiger partial charge in [0.2, 0.25) is 0 Å². The second-order valence-corrected chi connectivity index (χ2v) is 5.48. The van der Waals surface area contributed by atoms with Crippen LogP contribution in [0.5, 0.6) is 5.75 Å². The van der Waals surface area contributed by atoms with Crippen molar-refractivity contribution in [1.29, 1.82) is 0 Å². The maximum atomic E-state index is 9.91. The van der Waals surface area contributed by atoms with Crippen LogP contribution in [-0.2, 0) is 6.42 Å². The SMILES string of the molecule is Cc1cc(O)c(CC2CCNCC2)cc1Br. The van der Waals surface area contributed by atoms with Crippen molar-refractivity contribution in [2.75, 3.05) is 13.1 Å². The van der Waals surface area contributed by atoms with Crippen molar-refractivity contribution in [1.82, 2.24) is 5.32 Å². The summed E-state index contributed by atoms with van der Waals surface area (Å²) in [4.78, 5) is 0. The quantitative estimate of drug-likeness (QED) is 0.875. The summed E-state index contributed by atoms with van der Waals surface area (Å²) in [6.07, 6.45) is 3.42. The second-order valence-electron chi connectivity index (χ2n) is 4.63. The number of rotatable bonds is 2. The van der Waals surface area contributed by atoms with Crippen molar-refractivity contribution in [3.8, 4) is 5.75 Å². The van der Waals surface area contributed by atoms with Gasteiger partial charge in [-0.3, -0.25) is 0 Å². The number of nitrogens with one attached hydrogen (secondary N) is 1. The highest BCUT2D eigenvalue weighted by atomic mass is 79.9. The molecule has 0 aliphatic carbocycles. The summed E-state index contributed by atoms with van der Waals surface area (Å²) < 4.78 is 1.09. The zero-order chi connectivity index (χ0) is 11.5. The van der Waals surface area contributed by atoms with Crippen molar-refractivity contribution in [2.24, 2.45) is 5.92 Å². The fraction of sp³-hybridized carbons (Fsp3) is 0.538. The minimum absolute atomic E-state index is 0.444. The Hall–Kier alpha value is -0.540. The third-order valence-corrected chi connectivity index (χ3v) is 4.18. The molecule has 0 amide bonds. The predicted octanol–water partition coefficient (Wildman–Crippen LogP) is 3.01. The summed E-state index contributed by atoms with van der Waals surface area (Å²) in [5.41, 5.74) is 2.16. The third-order valence-electron chi connectivity index (χ3n) is 3.33. The van der Waals surface area contributed by atoms with Crippen LogP contribution in [-0.4, -0.2) is 18.2 Å². The average Bonchev–Trinajstić information content (AvgIpc) is 2.27. The average molecular weight is 284 g/mol. The first kappa shape index (κ1) is 11.9. The van der Waals surface area contributed by atoms with Crippen LogP contribution in [0.1, 0.15) is 24.0 Å². The molecular weight excluding hydrogens is 266 g/mol. The molecule has 1 fully saturated rings. The van der Waals surface area contributed by atoms with Crippen molar-refractivity contribution in [2.45, 2.75) is 26.2 Å². The van der Waals surface area contributed by atoms with E-state index in [0.717, 1.165) is 35.1 Å². The summed E-state index contributed by atoms with van der Waals surface area (Å²) in [7, 11) is 0. The van der Waals surface area contributed by atoms with Crippen molar-refractivity contribution in [3.63, 3.8) is 0 Å². The molecule has 1 aliphatic rings. The number of phenols is 1. The van der Waals surface area contributed by atoms with Gasteiger partial charge in [0.1, 0.15) is 5.75 Å². The summed E-state index contributed by atoms with van der Waals surface area (Å²) in [6, 6.07) is 3.91. The van der Waals surface area contributed by atoms with Gasteiger partial charge in [0.15, 0.2) is 0 Å². The van der Waals surface area contributed by atoms with E-state index in [0.29, 0.717) is 11.7 Å². The monoisotopic (exact) mass is 283 g/mol. The highest BCUT2D eigenvalue weighted by Crippen LogP contribution is 2.29. The van der Waals surface area contributed by atoms with E-state index in [1.165, 1.54) is 12.8 Å². The molecule has 0 radical (unpaired) electrons. The van der Waals surface area contributed by atoms with Crippen LogP contribution in [0, 0.1) is 12.8 Å². The molecule has 3 heteroatoms. The maximum absolute atomic E-state index is 9.91. The first-order valence-electron chi connectivity index (χ1n) is 5.85. The molecule has 2 rings (SSSR count). The summed E-state index contributed by atoms with van der Waals surface area (Å²) in [5.74, 6) is 1.15. The van der Waals surface area contributed by atoms with Gasteiger partial charge in [-0.25, -0.2) is 0 Å². The molecule has 0 saturated carbocycles. The van der Waals surface area contributed by atoms with Crippen LogP contribution in [0.15, 0.2) is 16.6 Å². The highest BCUT2D eigenvalue weighted by molar-refractivity contribution is 9.10. The van der Waals surface area contributed by atoms with E-state index >= 15 is 0 Å². The fourth-order valence-electron chi connectivity index (χ4n) is 2.27. The molecule has 1 aliphatic heterocycles. The number of aryl methyl sites for hydroxylation is 1. The molecule has 16 heavy (non-hydrogen) atoms. The van der Waals surface area contributed by atoms with Gasteiger partial charge in [-0.15, -0.1) is 0 Å². The zero-order valence-corrected chi connectivity index (χ0v) is 11.2. The normalized spacial score (nSPS) is 17.6. The largest absolute Gasteiger partial charge is 0.508 e. The van der Waals surface area contributed by atoms with E-state index < -0.39 is 0 Å². The molecule has 0 unspecified atom stereocenters. The Morgan fingerprint density at radius 3 is 2.75 bits per heavy atom. The van der Waals surface area contributed by atoms with Crippen LogP contribution in [0.3, 0.4) is 0 Å². The zero-order valence-electron chi connectivity index (χ0n) is 9.59. The number of piperidine rings is 1. The smallest absolute Gasteiger partial charge is 0.119 e. The van der Waals surface area contributed by atoms with Crippen molar-refractivity contribution >= 4 is 15.9 Å². The molecule has 88 valence electrons. The molecule has 0 spiro atoms. The maximum Gasteiger partial charge on any atom is 0.119 e. The molecule has 1 heterocycles. The Labute approximate surface area is 105 Å². The lowest BCUT2D eigenvalue weighted by Gasteiger charge is -2.23. The van der Waals surface area contributed by atoms with Gasteiger partial charge in [-0.05, 0) is 68.5 Å². The lowest BCUT2D eigenvalue weighted by Crippen LogP contribution is -2.28. The van der Waals surface area contributed by atoms with Gasteiger partial charge in [0, 0.05) is 4.47 Å². The van der Waals surface area contributed by atoms with Crippen LogP contribution >= 0.6 is 15.9 Å². The Bertz CT molecular complexity index is 372. The molecular formula is C13H18BrNO. The minimum Gasteiger partial charge on any atom is -0.508 e. The number of hydrogen-bond acceptors (Lipinski definition) is 2. The summed E-state index contributed by atoms with van der Waals surface area (Å²) >= 11 is 3.52. The lowest BCUT2D eigenvalue weighted by atomic mass is 9.90. The second kappa shape index (κ2) is 5.19. The number of halogens is 1. The van der Waals surface area contributed by atoms with Gasteiger partial charge in [0.05, 0.1) is 0 Å². The van der Waals surface area contributed by atoms with Crippen LogP contribution in [0.25, 0.3) is 0 Å². The van der Waals surface area contributed by atoms with E-state index in [2.05, 4.69) is 27.3 Å². The predicted molar refractivity (Wildman–Crippen MR) is 69.8 cm³/mol. The third kappa shape index (κ3) is 2.77. The Kier molecular flexibility index (Phi) is 3.87. The standard InChI is InChI=1S/C13H18BrNO/c1-9-6-13(16)11(8-12(9)14)7-10-2-4-15-5-3-10/h6,8,10,15-16H,2-5,7H2,1H3. The van der Waals surface area contributed by atoms with Gasteiger partial charge in [-0.1, -0.05) is 15.9 Å². The number of benzene rings is 1. The lowest BCUT2D eigenvalue weighted by molar-refractivity contribution is 0.366. The van der Waals surface area contributed by atoms with E-state index in [1.54, 1.807) is 0 Å². The topological polar surface area (TPSA) is 32.3 Å². The first-order valence-corrected chi connectivity index (χ1v) is 6.65. The van der Waals surface area contributed by atoms with E-state index in [9.17, 15) is 5.11 Å². The molecule has 1 aromatic carbocycles. The Morgan fingerprint density at radius 1 is 1.38 bits per heavy atom.